The van der Waals surface area contributed by atoms with Crippen LogP contribution in [0.1, 0.15) is 0 Å². The van der Waals surface area contributed by atoms with Crippen molar-refractivity contribution in [2.45, 2.75) is 0 Å². The van der Waals surface area contributed by atoms with Crippen LogP contribution in [0.3, 0.4) is 0 Å². The first kappa shape index (κ1) is 9.01. The van der Waals surface area contributed by atoms with Gasteiger partial charge in [-0.1, -0.05) is 0 Å². The van der Waals surface area contributed by atoms with Crippen LogP contribution in [0.5, 0.6) is 5.88 Å². The number of aromatic hydroxyl groups is 1. The number of aromatic nitrogens is 2. The number of H-pyrrole nitrogens is 1. The summed E-state index contributed by atoms with van der Waals surface area (Å²) in [5.74, 6) is 0.147. The van der Waals surface area contributed by atoms with Crippen LogP contribution in [0.2, 0.25) is 0 Å². The van der Waals surface area contributed by atoms with Gasteiger partial charge in [0, 0.05) is 13.1 Å². The molecule has 0 radical (unpaired) electrons. The van der Waals surface area contributed by atoms with Gasteiger partial charge >= 0.3 is 0 Å². The average Bonchev–Trinajstić information content (AvgIpc) is 2.18. The van der Waals surface area contributed by atoms with E-state index < -0.39 is 0 Å². The normalized spacial score (nSPS) is 17.0. The fourth-order valence-electron chi connectivity index (χ4n) is 1.36. The topological polar surface area (TPSA) is 78.4 Å². The zero-order valence-electron chi connectivity index (χ0n) is 7.56. The Labute approximate surface area is 80.2 Å². The third-order valence-corrected chi connectivity index (χ3v) is 2.03. The lowest BCUT2D eigenvalue weighted by molar-refractivity contribution is 0.122. The molecule has 2 N–H and O–H groups in total. The van der Waals surface area contributed by atoms with E-state index in [1.165, 1.54) is 0 Å². The van der Waals surface area contributed by atoms with Gasteiger partial charge in [0.1, 0.15) is 0 Å². The van der Waals surface area contributed by atoms with E-state index in [0.29, 0.717) is 32.3 Å². The molecular formula is C8H11N3O3. The lowest BCUT2D eigenvalue weighted by Crippen LogP contribution is -2.38. The molecule has 2 rings (SSSR count). The summed E-state index contributed by atoms with van der Waals surface area (Å²) in [5, 5.41) is 9.14. The summed E-state index contributed by atoms with van der Waals surface area (Å²) in [5.41, 5.74) is -0.348. The number of nitrogens with one attached hydrogen (secondary N) is 1. The van der Waals surface area contributed by atoms with Gasteiger partial charge in [-0.05, 0) is 0 Å². The van der Waals surface area contributed by atoms with E-state index >= 15 is 0 Å². The van der Waals surface area contributed by atoms with Crippen LogP contribution < -0.4 is 10.5 Å². The summed E-state index contributed by atoms with van der Waals surface area (Å²) >= 11 is 0. The molecule has 0 bridgehead atoms. The molecule has 1 aliphatic heterocycles. The van der Waals surface area contributed by atoms with Gasteiger partial charge in [-0.15, -0.1) is 0 Å². The summed E-state index contributed by atoms with van der Waals surface area (Å²) in [7, 11) is 0. The first-order chi connectivity index (χ1) is 6.75. The molecule has 6 nitrogen and oxygen atoms in total. The van der Waals surface area contributed by atoms with E-state index in [1.54, 1.807) is 0 Å². The summed E-state index contributed by atoms with van der Waals surface area (Å²) in [6.45, 7) is 2.57. The van der Waals surface area contributed by atoms with Gasteiger partial charge in [-0.2, -0.15) is 4.98 Å². The minimum atomic E-state index is -0.348. The second-order valence-electron chi connectivity index (χ2n) is 3.03. The highest BCUT2D eigenvalue weighted by Crippen LogP contribution is 2.10. The monoisotopic (exact) mass is 197 g/mol. The molecule has 0 aromatic carbocycles. The van der Waals surface area contributed by atoms with E-state index in [2.05, 4.69) is 9.97 Å². The molecule has 1 aromatic rings. The number of morpholine rings is 1. The Balaban J connectivity index is 2.26. The van der Waals surface area contributed by atoms with Crippen LogP contribution in [0.15, 0.2) is 10.9 Å². The molecule has 0 spiro atoms. The van der Waals surface area contributed by atoms with E-state index in [1.807, 2.05) is 4.90 Å². The number of hydrogen-bond donors (Lipinski definition) is 2. The molecule has 76 valence electrons. The smallest absolute Gasteiger partial charge is 0.256 e. The first-order valence-corrected chi connectivity index (χ1v) is 4.39. The maximum absolute atomic E-state index is 11.0. The Hall–Kier alpha value is -1.56. The number of aromatic amines is 1. The largest absolute Gasteiger partial charge is 0.493 e. The molecule has 0 saturated carbocycles. The predicted molar refractivity (Wildman–Crippen MR) is 49.6 cm³/mol. The third kappa shape index (κ3) is 1.85. The van der Waals surface area contributed by atoms with Gasteiger partial charge in [0.15, 0.2) is 0 Å². The lowest BCUT2D eigenvalue weighted by Gasteiger charge is -2.26. The number of rotatable bonds is 1. The number of anilines is 1. The second-order valence-corrected chi connectivity index (χ2v) is 3.03. The van der Waals surface area contributed by atoms with Gasteiger partial charge in [0.25, 0.3) is 5.56 Å². The van der Waals surface area contributed by atoms with Crippen LogP contribution in [0, 0.1) is 0 Å². The second kappa shape index (κ2) is 3.67. The lowest BCUT2D eigenvalue weighted by atomic mass is 10.4. The van der Waals surface area contributed by atoms with Crippen molar-refractivity contribution in [3.8, 4) is 5.88 Å². The van der Waals surface area contributed by atoms with Crippen LogP contribution in [-0.4, -0.2) is 41.4 Å². The van der Waals surface area contributed by atoms with E-state index in [0.717, 1.165) is 6.07 Å². The maximum Gasteiger partial charge on any atom is 0.256 e. The van der Waals surface area contributed by atoms with Crippen molar-refractivity contribution in [3.63, 3.8) is 0 Å². The molecule has 14 heavy (non-hydrogen) atoms. The number of ether oxygens (including phenoxy) is 1. The summed E-state index contributed by atoms with van der Waals surface area (Å²) in [4.78, 5) is 19.3. The molecule has 2 heterocycles. The maximum atomic E-state index is 11.0. The fraction of sp³-hybridized carbons (Fsp3) is 0.500. The highest BCUT2D eigenvalue weighted by Gasteiger charge is 2.13. The fourth-order valence-corrected chi connectivity index (χ4v) is 1.36. The Morgan fingerprint density at radius 1 is 1.50 bits per heavy atom. The summed E-state index contributed by atoms with van der Waals surface area (Å²) in [6, 6.07) is 1.05. The van der Waals surface area contributed by atoms with Crippen molar-refractivity contribution in [2.24, 2.45) is 0 Å². The number of nitrogens with zero attached hydrogens (tertiary/aromatic N) is 2. The summed E-state index contributed by atoms with van der Waals surface area (Å²) in [6.07, 6.45) is 0. The first-order valence-electron chi connectivity index (χ1n) is 4.39. The van der Waals surface area contributed by atoms with Gasteiger partial charge in [0.05, 0.1) is 19.3 Å². The Kier molecular flexibility index (Phi) is 2.36. The third-order valence-electron chi connectivity index (χ3n) is 2.03. The van der Waals surface area contributed by atoms with Gasteiger partial charge in [-0.25, -0.2) is 0 Å². The molecule has 0 amide bonds. The van der Waals surface area contributed by atoms with Crippen LogP contribution in [0.25, 0.3) is 0 Å². The minimum absolute atomic E-state index is 0.254. The van der Waals surface area contributed by atoms with Crippen molar-refractivity contribution in [1.29, 1.82) is 0 Å². The van der Waals surface area contributed by atoms with Crippen LogP contribution >= 0.6 is 0 Å². The van der Waals surface area contributed by atoms with Gasteiger partial charge < -0.3 is 14.7 Å². The Morgan fingerprint density at radius 3 is 2.86 bits per heavy atom. The van der Waals surface area contributed by atoms with Crippen LogP contribution in [-0.2, 0) is 4.74 Å². The molecule has 1 saturated heterocycles. The van der Waals surface area contributed by atoms with E-state index in [4.69, 9.17) is 9.84 Å². The van der Waals surface area contributed by atoms with Crippen molar-refractivity contribution in [1.82, 2.24) is 9.97 Å². The molecule has 6 heteroatoms. The van der Waals surface area contributed by atoms with Crippen LogP contribution in [0.4, 0.5) is 5.95 Å². The molecular weight excluding hydrogens is 186 g/mol. The predicted octanol–water partition coefficient (Wildman–Crippen LogP) is -0.688. The van der Waals surface area contributed by atoms with Crippen molar-refractivity contribution in [3.05, 3.63) is 16.4 Å². The zero-order chi connectivity index (χ0) is 9.97. The Bertz CT molecular complexity index is 370. The average molecular weight is 197 g/mol. The van der Waals surface area contributed by atoms with Gasteiger partial charge in [-0.3, -0.25) is 9.78 Å². The van der Waals surface area contributed by atoms with Crippen molar-refractivity contribution in [2.75, 3.05) is 31.2 Å². The molecule has 1 aliphatic rings. The summed E-state index contributed by atoms with van der Waals surface area (Å²) < 4.78 is 5.16. The standard InChI is InChI=1S/C8H11N3O3/c12-6-5-7(13)10-8(9-6)11-1-3-14-4-2-11/h5H,1-4H2,(H2,9,10,12,13). The minimum Gasteiger partial charge on any atom is -0.493 e. The SMILES string of the molecule is O=c1cc(O)nc(N2CCOCC2)[nH]1. The van der Waals surface area contributed by atoms with Gasteiger partial charge in [0.2, 0.25) is 11.8 Å². The quantitative estimate of drug-likeness (QED) is 0.623. The molecule has 0 aliphatic carbocycles. The highest BCUT2D eigenvalue weighted by molar-refractivity contribution is 5.31. The molecule has 0 unspecified atom stereocenters. The van der Waals surface area contributed by atoms with E-state index in [9.17, 15) is 4.79 Å². The van der Waals surface area contributed by atoms with E-state index in [-0.39, 0.29) is 11.4 Å². The van der Waals surface area contributed by atoms with Crippen molar-refractivity contribution >= 4 is 5.95 Å². The number of hydrogen-bond acceptors (Lipinski definition) is 5. The highest BCUT2D eigenvalue weighted by atomic mass is 16.5. The molecule has 1 aromatic heterocycles. The van der Waals surface area contributed by atoms with Crippen molar-refractivity contribution < 1.29 is 9.84 Å². The Morgan fingerprint density at radius 2 is 2.21 bits per heavy atom. The zero-order valence-corrected chi connectivity index (χ0v) is 7.56. The molecule has 1 fully saturated rings. The molecule has 0 atom stereocenters.